The number of aromatic nitrogens is 1. The number of anilines is 1. The van der Waals surface area contributed by atoms with Crippen LogP contribution in [0.15, 0.2) is 53.6 Å². The van der Waals surface area contributed by atoms with Gasteiger partial charge in [0, 0.05) is 12.7 Å². The molecule has 6 nitrogen and oxygen atoms in total. The lowest BCUT2D eigenvalue weighted by Crippen LogP contribution is -2.17. The van der Waals surface area contributed by atoms with Crippen LogP contribution in [-0.2, 0) is 4.79 Å². The fourth-order valence-corrected chi connectivity index (χ4v) is 3.23. The van der Waals surface area contributed by atoms with Crippen LogP contribution < -0.4 is 15.0 Å². The zero-order chi connectivity index (χ0) is 17.2. The lowest BCUT2D eigenvalue weighted by atomic mass is 10.2. The number of hydrogen-bond acceptors (Lipinski definition) is 6. The van der Waals surface area contributed by atoms with Crippen LogP contribution in [0.2, 0.25) is 0 Å². The Bertz CT molecular complexity index is 836. The van der Waals surface area contributed by atoms with Crippen LogP contribution in [0.25, 0.3) is 6.08 Å². The van der Waals surface area contributed by atoms with E-state index >= 15 is 0 Å². The molecule has 2 amide bonds. The number of benzene rings is 1. The molecule has 0 spiro atoms. The lowest BCUT2D eigenvalue weighted by molar-refractivity contribution is -0.115. The Hall–Kier alpha value is -2.80. The summed E-state index contributed by atoms with van der Waals surface area (Å²) in [6, 6.07) is 13.7. The van der Waals surface area contributed by atoms with E-state index in [1.165, 1.54) is 0 Å². The van der Waals surface area contributed by atoms with Crippen LogP contribution in [0.1, 0.15) is 5.56 Å². The molecule has 7 heteroatoms. The fourth-order valence-electron chi connectivity index (χ4n) is 2.55. The summed E-state index contributed by atoms with van der Waals surface area (Å²) in [6.07, 6.45) is 3.48. The molecule has 3 heterocycles. The van der Waals surface area contributed by atoms with Crippen LogP contribution in [0, 0.1) is 0 Å². The molecule has 0 saturated carbocycles. The van der Waals surface area contributed by atoms with Crippen molar-refractivity contribution in [2.45, 2.75) is 6.04 Å². The normalized spacial score (nSPS) is 20.7. The van der Waals surface area contributed by atoms with Crippen molar-refractivity contribution in [2.75, 3.05) is 18.1 Å². The van der Waals surface area contributed by atoms with Gasteiger partial charge in [0.1, 0.15) is 18.2 Å². The number of thioether (sulfide) groups is 1. The standard InChI is InChI=1S/C18H15N3O3S/c22-17-15(25-18(23)20-17)9-12-4-6-14(7-5-12)24-11-13-10-21(13)16-3-1-2-8-19-16/h1-9,13H,10-11H2,(H,20,22,23)/b15-9-/t13-,21?/m1/s1. The summed E-state index contributed by atoms with van der Waals surface area (Å²) >= 11 is 0.912. The van der Waals surface area contributed by atoms with E-state index in [0.29, 0.717) is 17.6 Å². The van der Waals surface area contributed by atoms with Gasteiger partial charge in [0.15, 0.2) is 0 Å². The first kappa shape index (κ1) is 15.7. The number of imide groups is 1. The first-order valence-electron chi connectivity index (χ1n) is 7.84. The predicted molar refractivity (Wildman–Crippen MR) is 96.4 cm³/mol. The van der Waals surface area contributed by atoms with Crippen molar-refractivity contribution in [1.29, 1.82) is 0 Å². The number of nitrogens with one attached hydrogen (secondary N) is 1. The average molecular weight is 353 g/mol. The van der Waals surface area contributed by atoms with Crippen molar-refractivity contribution >= 4 is 34.8 Å². The van der Waals surface area contributed by atoms with Crippen molar-refractivity contribution < 1.29 is 14.3 Å². The smallest absolute Gasteiger partial charge is 0.290 e. The first-order valence-corrected chi connectivity index (χ1v) is 8.66. The first-order chi connectivity index (χ1) is 12.2. The summed E-state index contributed by atoms with van der Waals surface area (Å²) in [4.78, 5) is 29.6. The van der Waals surface area contributed by atoms with Gasteiger partial charge in [-0.05, 0) is 47.7 Å². The van der Waals surface area contributed by atoms with E-state index in [1.807, 2.05) is 42.5 Å². The van der Waals surface area contributed by atoms with Gasteiger partial charge in [-0.3, -0.25) is 14.9 Å². The minimum Gasteiger partial charge on any atom is -0.491 e. The maximum atomic E-state index is 11.5. The maximum Gasteiger partial charge on any atom is 0.290 e. The number of carbonyl (C=O) groups excluding carboxylic acids is 2. The van der Waals surface area contributed by atoms with Gasteiger partial charge in [0.05, 0.1) is 10.9 Å². The molecule has 0 radical (unpaired) electrons. The van der Waals surface area contributed by atoms with E-state index in [0.717, 1.165) is 35.4 Å². The summed E-state index contributed by atoms with van der Waals surface area (Å²) in [5, 5.41) is 1.90. The van der Waals surface area contributed by atoms with E-state index in [4.69, 9.17) is 4.74 Å². The molecule has 2 aliphatic heterocycles. The van der Waals surface area contributed by atoms with Gasteiger partial charge >= 0.3 is 0 Å². The largest absolute Gasteiger partial charge is 0.491 e. The summed E-state index contributed by atoms with van der Waals surface area (Å²) < 4.78 is 5.82. The molecule has 0 unspecified atom stereocenters. The van der Waals surface area contributed by atoms with Crippen LogP contribution in [-0.4, -0.2) is 35.3 Å². The Morgan fingerprint density at radius 1 is 1.24 bits per heavy atom. The highest BCUT2D eigenvalue weighted by Crippen LogP contribution is 2.27. The van der Waals surface area contributed by atoms with Crippen LogP contribution >= 0.6 is 11.8 Å². The molecule has 4 rings (SSSR count). The van der Waals surface area contributed by atoms with E-state index in [-0.39, 0.29) is 11.1 Å². The number of pyridine rings is 1. The molecule has 126 valence electrons. The monoisotopic (exact) mass is 353 g/mol. The molecule has 0 aliphatic carbocycles. The van der Waals surface area contributed by atoms with Crippen LogP contribution in [0.4, 0.5) is 10.6 Å². The van der Waals surface area contributed by atoms with Crippen molar-refractivity contribution in [2.24, 2.45) is 0 Å². The fraction of sp³-hybridized carbons (Fsp3) is 0.167. The second-order valence-corrected chi connectivity index (χ2v) is 6.74. The molecule has 2 aromatic rings. The quantitative estimate of drug-likeness (QED) is 0.658. The lowest BCUT2D eigenvalue weighted by Gasteiger charge is -2.07. The van der Waals surface area contributed by atoms with Crippen molar-refractivity contribution in [3.05, 3.63) is 59.1 Å². The summed E-state index contributed by atoms with van der Waals surface area (Å²) in [5.41, 5.74) is 0.848. The zero-order valence-corrected chi connectivity index (χ0v) is 14.0. The number of nitrogens with zero attached hydrogens (tertiary/aromatic N) is 2. The van der Waals surface area contributed by atoms with Crippen molar-refractivity contribution in [3.8, 4) is 5.75 Å². The Morgan fingerprint density at radius 3 is 2.76 bits per heavy atom. The third kappa shape index (κ3) is 3.66. The minimum atomic E-state index is -0.348. The van der Waals surface area contributed by atoms with Crippen molar-refractivity contribution in [3.63, 3.8) is 0 Å². The highest BCUT2D eigenvalue weighted by atomic mass is 32.2. The van der Waals surface area contributed by atoms with E-state index in [2.05, 4.69) is 15.2 Å². The maximum absolute atomic E-state index is 11.5. The topological polar surface area (TPSA) is 71.3 Å². The number of amides is 2. The Labute approximate surface area is 148 Å². The zero-order valence-electron chi connectivity index (χ0n) is 13.2. The third-order valence-electron chi connectivity index (χ3n) is 3.92. The summed E-state index contributed by atoms with van der Waals surface area (Å²) in [6.45, 7) is 1.55. The number of hydrogen-bond donors (Lipinski definition) is 1. The SMILES string of the molecule is O=C1NC(=O)/C(=C/c2ccc(OC[C@H]3CN3c3ccccn3)cc2)S1. The van der Waals surface area contributed by atoms with Gasteiger partial charge < -0.3 is 9.64 Å². The highest BCUT2D eigenvalue weighted by molar-refractivity contribution is 8.18. The molecule has 1 N–H and O–H groups in total. The van der Waals surface area contributed by atoms with E-state index in [1.54, 1.807) is 12.3 Å². The Balaban J connectivity index is 1.32. The van der Waals surface area contributed by atoms with Crippen LogP contribution in [0.5, 0.6) is 5.75 Å². The minimum absolute atomic E-state index is 0.335. The van der Waals surface area contributed by atoms with Gasteiger partial charge in [0.2, 0.25) is 0 Å². The van der Waals surface area contributed by atoms with E-state index in [9.17, 15) is 9.59 Å². The second kappa shape index (κ2) is 6.60. The van der Waals surface area contributed by atoms with Gasteiger partial charge in [-0.25, -0.2) is 4.98 Å². The van der Waals surface area contributed by atoms with Crippen molar-refractivity contribution in [1.82, 2.24) is 10.3 Å². The summed E-state index contributed by atoms with van der Waals surface area (Å²) in [7, 11) is 0. The van der Waals surface area contributed by atoms with Gasteiger partial charge in [-0.1, -0.05) is 18.2 Å². The highest BCUT2D eigenvalue weighted by Gasteiger charge is 2.35. The molecule has 1 aromatic heterocycles. The predicted octanol–water partition coefficient (Wildman–Crippen LogP) is 2.67. The molecule has 25 heavy (non-hydrogen) atoms. The number of rotatable bonds is 5. The molecule has 2 fully saturated rings. The Kier molecular flexibility index (Phi) is 4.15. The average Bonchev–Trinajstić information content (AvgIpc) is 3.34. The Morgan fingerprint density at radius 2 is 2.08 bits per heavy atom. The van der Waals surface area contributed by atoms with Crippen LogP contribution in [0.3, 0.4) is 0 Å². The third-order valence-corrected chi connectivity index (χ3v) is 4.73. The van der Waals surface area contributed by atoms with Gasteiger partial charge in [-0.2, -0.15) is 0 Å². The molecule has 0 bridgehead atoms. The van der Waals surface area contributed by atoms with E-state index < -0.39 is 0 Å². The molecule has 1 atom stereocenters. The second-order valence-electron chi connectivity index (χ2n) is 5.73. The van der Waals surface area contributed by atoms with Gasteiger partial charge in [-0.15, -0.1) is 0 Å². The summed E-state index contributed by atoms with van der Waals surface area (Å²) in [5.74, 6) is 1.40. The molecular weight excluding hydrogens is 338 g/mol. The number of carbonyl (C=O) groups is 2. The molecular formula is C18H15N3O3S. The molecule has 1 aromatic carbocycles. The molecule has 2 saturated heterocycles. The number of ether oxygens (including phenoxy) is 1. The van der Waals surface area contributed by atoms with Gasteiger partial charge in [0.25, 0.3) is 11.1 Å². The molecule has 2 aliphatic rings.